The molecular formula is C23H26F6N2O6S2. The van der Waals surface area contributed by atoms with Gasteiger partial charge in [0.2, 0.25) is 0 Å². The van der Waals surface area contributed by atoms with Crippen molar-refractivity contribution in [2.45, 2.75) is 30.5 Å². The fourth-order valence-electron chi connectivity index (χ4n) is 3.15. The maximum Gasteiger partial charge on any atom is 0.480 e. The second-order valence-corrected chi connectivity index (χ2v) is 11.7. The van der Waals surface area contributed by atoms with Crippen LogP contribution in [-0.2, 0) is 42.7 Å². The van der Waals surface area contributed by atoms with E-state index in [9.17, 15) is 48.0 Å². The highest BCUT2D eigenvalue weighted by Crippen LogP contribution is 2.36. The molecule has 0 unspecified atom stereocenters. The topological polar surface area (TPSA) is 109 Å². The molecule has 0 atom stereocenters. The zero-order valence-corrected chi connectivity index (χ0v) is 22.2. The Morgan fingerprint density at radius 3 is 1.56 bits per heavy atom. The van der Waals surface area contributed by atoms with Gasteiger partial charge in [-0.2, -0.15) is 26.3 Å². The lowest BCUT2D eigenvalue weighted by Gasteiger charge is -2.35. The van der Waals surface area contributed by atoms with Crippen LogP contribution in [0.4, 0.5) is 26.3 Å². The van der Waals surface area contributed by atoms with Crippen LogP contribution >= 0.6 is 0 Å². The van der Waals surface area contributed by atoms with Crippen molar-refractivity contribution >= 4 is 26.0 Å². The van der Waals surface area contributed by atoms with E-state index in [0.717, 1.165) is 34.7 Å². The van der Waals surface area contributed by atoms with Gasteiger partial charge in [0.05, 0.1) is 20.2 Å². The summed E-state index contributed by atoms with van der Waals surface area (Å²) >= 11 is 0. The van der Waals surface area contributed by atoms with Crippen molar-refractivity contribution in [2.75, 3.05) is 20.2 Å². The van der Waals surface area contributed by atoms with Gasteiger partial charge in [0.25, 0.3) is 0 Å². The normalized spacial score (nSPS) is 12.7. The van der Waals surface area contributed by atoms with Crippen LogP contribution in [0.25, 0.3) is 4.13 Å². The van der Waals surface area contributed by atoms with Gasteiger partial charge in [-0.15, -0.1) is 0 Å². The Morgan fingerprint density at radius 2 is 1.23 bits per heavy atom. The highest BCUT2D eigenvalue weighted by atomic mass is 32.3. The Bertz CT molecular complexity index is 1200. The second kappa shape index (κ2) is 13.9. The van der Waals surface area contributed by atoms with Gasteiger partial charge in [0, 0.05) is 23.6 Å². The molecule has 8 nitrogen and oxygen atoms in total. The summed E-state index contributed by atoms with van der Waals surface area (Å²) in [7, 11) is -11.2. The molecule has 0 aliphatic rings. The van der Waals surface area contributed by atoms with E-state index in [4.69, 9.17) is 4.74 Å². The van der Waals surface area contributed by atoms with E-state index in [2.05, 4.69) is 62.2 Å². The Morgan fingerprint density at radius 1 is 0.846 bits per heavy atom. The van der Waals surface area contributed by atoms with Crippen LogP contribution < -0.4 is 0 Å². The van der Waals surface area contributed by atoms with Crippen LogP contribution in [-0.4, -0.2) is 58.5 Å². The molecule has 218 valence electrons. The van der Waals surface area contributed by atoms with Crippen LogP contribution in [0.3, 0.4) is 0 Å². The maximum atomic E-state index is 11.4. The number of sulfonamides is 2. The number of hydrogen-bond donors (Lipinski definition) is 0. The van der Waals surface area contributed by atoms with Gasteiger partial charge < -0.3 is 13.3 Å². The van der Waals surface area contributed by atoms with Crippen molar-refractivity contribution in [2.24, 2.45) is 0 Å². The SMILES string of the molecule is C=CC(=O)OCCC[N+](C)(Cc1ccccc1)Cc1ccccc1.O=S(=O)([N-]S(=O)(=O)C(F)(F)F)C(F)(F)F. The van der Waals surface area contributed by atoms with E-state index < -0.39 is 31.1 Å². The van der Waals surface area contributed by atoms with Crippen LogP contribution in [0.5, 0.6) is 0 Å². The van der Waals surface area contributed by atoms with Crippen molar-refractivity contribution < 1.29 is 57.2 Å². The minimum Gasteiger partial charge on any atom is -0.462 e. The van der Waals surface area contributed by atoms with Gasteiger partial charge in [-0.3, -0.25) is 0 Å². The van der Waals surface area contributed by atoms with Crippen molar-refractivity contribution in [3.63, 3.8) is 0 Å². The minimum absolute atomic E-state index is 0.352. The minimum atomic E-state index is -6.72. The number of rotatable bonds is 11. The number of carbonyl (C=O) groups excluding carboxylic acids is 1. The molecule has 39 heavy (non-hydrogen) atoms. The zero-order chi connectivity index (χ0) is 30.0. The standard InChI is InChI=1S/C21H26NO2.C2F6NO4S2/c1-3-21(23)24-16-10-15-22(2,17-19-11-6-4-7-12-19)18-20-13-8-5-9-14-20;3-1(4,5)14(10,11)9-15(12,13)2(6,7)8/h3-9,11-14H,1,10,15-18H2,2H3;/q+1;-1. The number of carbonyl (C=O) groups is 1. The number of alkyl halides is 6. The first-order chi connectivity index (χ1) is 17.8. The maximum absolute atomic E-state index is 11.4. The van der Waals surface area contributed by atoms with Crippen LogP contribution in [0.1, 0.15) is 17.5 Å². The number of halogens is 6. The summed E-state index contributed by atoms with van der Waals surface area (Å²) in [6.45, 7) is 6.69. The second-order valence-electron chi connectivity index (χ2n) is 8.27. The van der Waals surface area contributed by atoms with E-state index in [1.54, 1.807) is 0 Å². The molecule has 0 aliphatic heterocycles. The molecule has 0 radical (unpaired) electrons. The Hall–Kier alpha value is -2.95. The average Bonchev–Trinajstić information content (AvgIpc) is 2.81. The van der Waals surface area contributed by atoms with E-state index in [0.29, 0.717) is 6.61 Å². The molecule has 0 saturated heterocycles. The van der Waals surface area contributed by atoms with Gasteiger partial charge in [0.15, 0.2) is 20.0 Å². The molecule has 0 aliphatic carbocycles. The lowest BCUT2D eigenvalue weighted by Crippen LogP contribution is -2.43. The summed E-state index contributed by atoms with van der Waals surface area (Å²) in [5.41, 5.74) is -9.77. The Balaban J connectivity index is 0.000000439. The van der Waals surface area contributed by atoms with Crippen LogP contribution in [0.15, 0.2) is 73.3 Å². The number of esters is 1. The predicted molar refractivity (Wildman–Crippen MR) is 130 cm³/mol. The van der Waals surface area contributed by atoms with Crippen molar-refractivity contribution in [3.8, 4) is 0 Å². The Labute approximate surface area is 222 Å². The molecule has 0 amide bonds. The summed E-state index contributed by atoms with van der Waals surface area (Å²) in [6.07, 6.45) is 2.04. The molecule has 2 aromatic rings. The first-order valence-electron chi connectivity index (χ1n) is 10.9. The number of ether oxygens (including phenoxy) is 1. The largest absolute Gasteiger partial charge is 0.480 e. The molecule has 0 spiro atoms. The van der Waals surface area contributed by atoms with E-state index in [-0.39, 0.29) is 5.97 Å². The summed E-state index contributed by atoms with van der Waals surface area (Å²) in [5.74, 6) is -0.352. The molecule has 16 heteroatoms. The highest BCUT2D eigenvalue weighted by Gasteiger charge is 2.46. The number of nitrogens with zero attached hydrogens (tertiary/aromatic N) is 2. The van der Waals surface area contributed by atoms with Gasteiger partial charge in [-0.1, -0.05) is 67.2 Å². The third-order valence-electron chi connectivity index (χ3n) is 4.85. The zero-order valence-electron chi connectivity index (χ0n) is 20.5. The number of hydrogen-bond acceptors (Lipinski definition) is 6. The van der Waals surface area contributed by atoms with E-state index in [1.165, 1.54) is 17.2 Å². The van der Waals surface area contributed by atoms with Crippen molar-refractivity contribution in [3.05, 3.63) is 88.6 Å². The van der Waals surface area contributed by atoms with Gasteiger partial charge >= 0.3 is 17.0 Å². The van der Waals surface area contributed by atoms with E-state index >= 15 is 0 Å². The van der Waals surface area contributed by atoms with Crippen LogP contribution in [0, 0.1) is 0 Å². The molecular weight excluding hydrogens is 578 g/mol. The molecule has 0 bridgehead atoms. The molecule has 0 aromatic heterocycles. The molecule has 0 fully saturated rings. The fraction of sp³-hybridized carbons (Fsp3) is 0.348. The van der Waals surface area contributed by atoms with Gasteiger partial charge in [0.1, 0.15) is 13.1 Å². The van der Waals surface area contributed by atoms with Gasteiger partial charge in [-0.05, 0) is 0 Å². The monoisotopic (exact) mass is 604 g/mol. The molecule has 0 heterocycles. The predicted octanol–water partition coefficient (Wildman–Crippen LogP) is 5.01. The van der Waals surface area contributed by atoms with E-state index in [1.807, 2.05) is 12.1 Å². The third-order valence-corrected chi connectivity index (χ3v) is 7.59. The Kier molecular flexibility index (Phi) is 12.2. The summed E-state index contributed by atoms with van der Waals surface area (Å²) in [4.78, 5) is 11.2. The molecule has 2 aromatic carbocycles. The highest BCUT2D eigenvalue weighted by molar-refractivity contribution is 8.13. The lowest BCUT2D eigenvalue weighted by atomic mass is 10.1. The fourth-order valence-corrected chi connectivity index (χ4v) is 4.86. The summed E-state index contributed by atoms with van der Waals surface area (Å²) in [5, 5.41) is 0. The molecule has 0 N–H and O–H groups in total. The third kappa shape index (κ3) is 11.8. The van der Waals surface area contributed by atoms with Crippen LogP contribution in [0.2, 0.25) is 0 Å². The smallest absolute Gasteiger partial charge is 0.462 e. The van der Waals surface area contributed by atoms with Crippen molar-refractivity contribution in [1.82, 2.24) is 0 Å². The summed E-state index contributed by atoms with van der Waals surface area (Å²) in [6, 6.07) is 21.1. The van der Waals surface area contributed by atoms with Crippen molar-refractivity contribution in [1.29, 1.82) is 0 Å². The number of benzene rings is 2. The lowest BCUT2D eigenvalue weighted by molar-refractivity contribution is -0.935. The molecule has 2 rings (SSSR count). The first kappa shape index (κ1) is 34.1. The average molecular weight is 605 g/mol. The summed E-state index contributed by atoms with van der Waals surface area (Å²) < 4.78 is 115. The quantitative estimate of drug-likeness (QED) is 0.117. The van der Waals surface area contributed by atoms with Gasteiger partial charge in [-0.25, -0.2) is 21.6 Å². The first-order valence-corrected chi connectivity index (χ1v) is 13.8. The molecule has 0 saturated carbocycles. The number of quaternary nitrogens is 1.